The lowest BCUT2D eigenvalue weighted by Gasteiger charge is -2.31. The van der Waals surface area contributed by atoms with Crippen molar-refractivity contribution in [2.75, 3.05) is 33.9 Å². The first-order chi connectivity index (χ1) is 16.0. The molecule has 0 spiro atoms. The van der Waals surface area contributed by atoms with Crippen LogP contribution in [0.2, 0.25) is 0 Å². The summed E-state index contributed by atoms with van der Waals surface area (Å²) in [6.45, 7) is 5.86. The summed E-state index contributed by atoms with van der Waals surface area (Å²) in [5.74, 6) is 0.848. The Balaban J connectivity index is 1.86. The number of benzene rings is 1. The maximum atomic E-state index is 13.3. The molecule has 33 heavy (non-hydrogen) atoms. The number of hydrogen-bond donors (Lipinski definition) is 1. The second kappa shape index (κ2) is 9.54. The van der Waals surface area contributed by atoms with Crippen LogP contribution in [0.25, 0.3) is 22.0 Å². The smallest absolute Gasteiger partial charge is 0.275 e. The van der Waals surface area contributed by atoms with Gasteiger partial charge in [-0.05, 0) is 32.0 Å². The molecule has 1 amide bonds. The fourth-order valence-electron chi connectivity index (χ4n) is 4.22. The second-order valence-corrected chi connectivity index (χ2v) is 8.02. The molecule has 174 valence electrons. The first-order valence-corrected chi connectivity index (χ1v) is 11.0. The number of methoxy groups -OCH3 is 2. The summed E-state index contributed by atoms with van der Waals surface area (Å²) < 4.78 is 18.6. The maximum Gasteiger partial charge on any atom is 0.275 e. The fourth-order valence-corrected chi connectivity index (χ4v) is 4.22. The van der Waals surface area contributed by atoms with Gasteiger partial charge < -0.3 is 28.7 Å². The number of amides is 1. The Hall–Kier alpha value is -3.52. The van der Waals surface area contributed by atoms with E-state index in [9.17, 15) is 9.59 Å². The molecule has 1 N–H and O–H groups in total. The molecule has 1 aliphatic rings. The van der Waals surface area contributed by atoms with E-state index in [0.29, 0.717) is 48.8 Å². The SMILES string of the molecule is C/C=C/Cn1cc(-c2cc(OC)c(C(=O)N3CCOC(C)C3)cc2OC)c2cc[nH]c2c1=O. The number of hydrogen-bond acceptors (Lipinski definition) is 5. The average Bonchev–Trinajstić information content (AvgIpc) is 3.33. The summed E-state index contributed by atoms with van der Waals surface area (Å²) in [7, 11) is 3.11. The second-order valence-electron chi connectivity index (χ2n) is 8.02. The average molecular weight is 452 g/mol. The number of pyridine rings is 1. The van der Waals surface area contributed by atoms with Gasteiger partial charge in [-0.2, -0.15) is 0 Å². The summed E-state index contributed by atoms with van der Waals surface area (Å²) in [5, 5.41) is 0.776. The summed E-state index contributed by atoms with van der Waals surface area (Å²) in [6, 6.07) is 5.39. The Morgan fingerprint density at radius 3 is 2.73 bits per heavy atom. The number of nitrogens with one attached hydrogen (secondary N) is 1. The van der Waals surface area contributed by atoms with Crippen LogP contribution in [0.15, 0.2) is 47.5 Å². The summed E-state index contributed by atoms with van der Waals surface area (Å²) in [4.78, 5) is 31.0. The highest BCUT2D eigenvalue weighted by Gasteiger charge is 2.27. The largest absolute Gasteiger partial charge is 0.496 e. The van der Waals surface area contributed by atoms with Crippen molar-refractivity contribution in [3.63, 3.8) is 0 Å². The van der Waals surface area contributed by atoms with Crippen molar-refractivity contribution in [2.24, 2.45) is 0 Å². The van der Waals surface area contributed by atoms with Gasteiger partial charge >= 0.3 is 0 Å². The van der Waals surface area contributed by atoms with E-state index in [0.717, 1.165) is 16.5 Å². The topological polar surface area (TPSA) is 85.8 Å². The van der Waals surface area contributed by atoms with Crippen LogP contribution in [0.5, 0.6) is 11.5 Å². The highest BCUT2D eigenvalue weighted by molar-refractivity contribution is 6.01. The predicted octanol–water partition coefficient (Wildman–Crippen LogP) is 3.45. The lowest BCUT2D eigenvalue weighted by atomic mass is 9.99. The molecule has 3 heterocycles. The molecule has 0 saturated carbocycles. The summed E-state index contributed by atoms with van der Waals surface area (Å²) >= 11 is 0. The minimum Gasteiger partial charge on any atom is -0.496 e. The van der Waals surface area contributed by atoms with Crippen LogP contribution in [0.1, 0.15) is 24.2 Å². The molecule has 1 aliphatic heterocycles. The van der Waals surface area contributed by atoms with Crippen LogP contribution in [0.4, 0.5) is 0 Å². The predicted molar refractivity (Wildman–Crippen MR) is 127 cm³/mol. The van der Waals surface area contributed by atoms with Gasteiger partial charge in [-0.3, -0.25) is 9.59 Å². The van der Waals surface area contributed by atoms with Gasteiger partial charge in [0.1, 0.15) is 17.0 Å². The molecule has 3 aromatic rings. The van der Waals surface area contributed by atoms with E-state index < -0.39 is 0 Å². The number of fused-ring (bicyclic) bond motifs is 1. The summed E-state index contributed by atoms with van der Waals surface area (Å²) in [5.41, 5.74) is 2.39. The molecule has 1 atom stereocenters. The van der Waals surface area contributed by atoms with Crippen LogP contribution in [0.3, 0.4) is 0 Å². The molecule has 1 aromatic carbocycles. The van der Waals surface area contributed by atoms with E-state index in [2.05, 4.69) is 4.98 Å². The number of carbonyl (C=O) groups excluding carboxylic acids is 1. The van der Waals surface area contributed by atoms with Crippen molar-refractivity contribution >= 4 is 16.8 Å². The quantitative estimate of drug-likeness (QED) is 0.580. The number of rotatable bonds is 6. The third-order valence-corrected chi connectivity index (χ3v) is 5.91. The minimum absolute atomic E-state index is 0.0186. The Kier molecular flexibility index (Phi) is 6.55. The number of ether oxygens (including phenoxy) is 3. The van der Waals surface area contributed by atoms with Gasteiger partial charge in [-0.15, -0.1) is 0 Å². The third kappa shape index (κ3) is 4.26. The highest BCUT2D eigenvalue weighted by Crippen LogP contribution is 2.39. The molecule has 0 bridgehead atoms. The van der Waals surface area contributed by atoms with Crippen molar-refractivity contribution in [1.29, 1.82) is 0 Å². The molecule has 4 rings (SSSR count). The van der Waals surface area contributed by atoms with Crippen LogP contribution < -0.4 is 15.0 Å². The number of aromatic amines is 1. The number of aromatic nitrogens is 2. The normalized spacial score (nSPS) is 16.5. The van der Waals surface area contributed by atoms with E-state index in [1.54, 1.807) is 35.9 Å². The van der Waals surface area contributed by atoms with Gasteiger partial charge in [0.05, 0.1) is 32.5 Å². The molecule has 0 aliphatic carbocycles. The fraction of sp³-hybridized carbons (Fsp3) is 0.360. The first-order valence-electron chi connectivity index (χ1n) is 11.0. The van der Waals surface area contributed by atoms with Crippen LogP contribution >= 0.6 is 0 Å². The molecule has 8 nitrogen and oxygen atoms in total. The standard InChI is InChI=1S/C25H29N3O5/c1-5-6-9-27-15-20(17-7-8-26-23(17)25(27)30)18-12-22(32-4)19(13-21(18)31-3)24(29)28-10-11-33-16(2)14-28/h5-8,12-13,15-16,26H,9-11,14H2,1-4H3/b6-5+. The first kappa shape index (κ1) is 22.7. The Bertz CT molecular complexity index is 1260. The van der Waals surface area contributed by atoms with Gasteiger partial charge in [-0.25, -0.2) is 0 Å². The molecular weight excluding hydrogens is 422 g/mol. The monoisotopic (exact) mass is 451 g/mol. The van der Waals surface area contributed by atoms with E-state index in [1.165, 1.54) is 0 Å². The lowest BCUT2D eigenvalue weighted by molar-refractivity contribution is -0.0125. The van der Waals surface area contributed by atoms with Crippen molar-refractivity contribution in [2.45, 2.75) is 26.5 Å². The zero-order chi connectivity index (χ0) is 23.5. The van der Waals surface area contributed by atoms with E-state index in [1.807, 2.05) is 44.3 Å². The Labute approximate surface area is 192 Å². The van der Waals surface area contributed by atoms with E-state index in [4.69, 9.17) is 14.2 Å². The summed E-state index contributed by atoms with van der Waals surface area (Å²) in [6.07, 6.45) is 7.37. The van der Waals surface area contributed by atoms with E-state index in [-0.39, 0.29) is 17.6 Å². The minimum atomic E-state index is -0.128. The molecule has 2 aromatic heterocycles. The number of nitrogens with zero attached hydrogens (tertiary/aromatic N) is 2. The Morgan fingerprint density at radius 2 is 2.03 bits per heavy atom. The number of carbonyl (C=O) groups is 1. The van der Waals surface area contributed by atoms with Crippen LogP contribution in [0, 0.1) is 0 Å². The van der Waals surface area contributed by atoms with Gasteiger partial charge in [0.2, 0.25) is 0 Å². The van der Waals surface area contributed by atoms with Gasteiger partial charge in [0.15, 0.2) is 0 Å². The highest BCUT2D eigenvalue weighted by atomic mass is 16.5. The van der Waals surface area contributed by atoms with Gasteiger partial charge in [0, 0.05) is 48.5 Å². The number of allylic oxidation sites excluding steroid dienone is 2. The lowest BCUT2D eigenvalue weighted by Crippen LogP contribution is -2.44. The number of H-pyrrole nitrogens is 1. The van der Waals surface area contributed by atoms with Crippen molar-refractivity contribution in [1.82, 2.24) is 14.5 Å². The molecule has 1 saturated heterocycles. The van der Waals surface area contributed by atoms with Crippen LogP contribution in [-0.4, -0.2) is 60.4 Å². The van der Waals surface area contributed by atoms with Crippen molar-refractivity contribution in [3.05, 3.63) is 58.7 Å². The molecule has 1 fully saturated rings. The third-order valence-electron chi connectivity index (χ3n) is 5.91. The van der Waals surface area contributed by atoms with Gasteiger partial charge in [0.25, 0.3) is 11.5 Å². The maximum absolute atomic E-state index is 13.3. The van der Waals surface area contributed by atoms with Gasteiger partial charge in [-0.1, -0.05) is 12.2 Å². The zero-order valence-corrected chi connectivity index (χ0v) is 19.4. The van der Waals surface area contributed by atoms with E-state index >= 15 is 0 Å². The van der Waals surface area contributed by atoms with Crippen molar-refractivity contribution < 1.29 is 19.0 Å². The Morgan fingerprint density at radius 1 is 1.24 bits per heavy atom. The molecule has 1 unspecified atom stereocenters. The number of morpholine rings is 1. The van der Waals surface area contributed by atoms with Crippen molar-refractivity contribution in [3.8, 4) is 22.6 Å². The zero-order valence-electron chi connectivity index (χ0n) is 19.4. The molecule has 0 radical (unpaired) electrons. The van der Waals surface area contributed by atoms with Crippen LogP contribution in [-0.2, 0) is 11.3 Å². The molecule has 8 heteroatoms. The molecular formula is C25H29N3O5.